The Hall–Kier alpha value is -1.69. The molecule has 1 atom stereocenters. The number of likely N-dealkylation sites (tertiary alicyclic amines) is 1. The number of piperidine rings is 1. The van der Waals surface area contributed by atoms with E-state index in [1.54, 1.807) is 11.3 Å². The third-order valence-electron chi connectivity index (χ3n) is 4.03. The average molecular weight is 335 g/mol. The van der Waals surface area contributed by atoms with E-state index in [0.717, 1.165) is 43.1 Å². The third kappa shape index (κ3) is 4.89. The molecule has 1 saturated heterocycles. The first-order chi connectivity index (χ1) is 11.0. The van der Waals surface area contributed by atoms with Crippen LogP contribution < -0.4 is 5.32 Å². The zero-order valence-corrected chi connectivity index (χ0v) is 14.7. The summed E-state index contributed by atoms with van der Waals surface area (Å²) in [5.74, 6) is 0.405. The molecule has 1 aromatic rings. The second-order valence-corrected chi connectivity index (χ2v) is 7.09. The molecule has 1 fully saturated rings. The van der Waals surface area contributed by atoms with E-state index in [0.29, 0.717) is 12.5 Å². The van der Waals surface area contributed by atoms with Crippen LogP contribution in [0.3, 0.4) is 0 Å². The zero-order chi connectivity index (χ0) is 16.8. The number of aromatic nitrogens is 1. The maximum absolute atomic E-state index is 11.8. The molecule has 0 saturated carbocycles. The van der Waals surface area contributed by atoms with Gasteiger partial charge in [-0.15, -0.1) is 11.3 Å². The van der Waals surface area contributed by atoms with E-state index < -0.39 is 0 Å². The van der Waals surface area contributed by atoms with Crippen LogP contribution in [0.5, 0.6) is 0 Å². The molecular weight excluding hydrogens is 310 g/mol. The van der Waals surface area contributed by atoms with Gasteiger partial charge in [-0.1, -0.05) is 20.4 Å². The van der Waals surface area contributed by atoms with Crippen LogP contribution in [0.2, 0.25) is 0 Å². The summed E-state index contributed by atoms with van der Waals surface area (Å²) in [5, 5.41) is 6.07. The summed E-state index contributed by atoms with van der Waals surface area (Å²) >= 11 is 1.65. The number of hydrogen-bond acceptors (Lipinski definition) is 4. The lowest BCUT2D eigenvalue weighted by atomic mass is 9.98. The van der Waals surface area contributed by atoms with Gasteiger partial charge in [0.15, 0.2) is 0 Å². The molecule has 0 aromatic carbocycles. The minimum Gasteiger partial charge on any atom is -0.355 e. The van der Waals surface area contributed by atoms with Crippen molar-refractivity contribution in [1.29, 1.82) is 0 Å². The van der Waals surface area contributed by atoms with Crippen molar-refractivity contribution >= 4 is 23.2 Å². The third-order valence-corrected chi connectivity index (χ3v) is 5.09. The molecule has 1 aromatic heterocycles. The van der Waals surface area contributed by atoms with Crippen LogP contribution in [0.1, 0.15) is 43.3 Å². The van der Waals surface area contributed by atoms with Gasteiger partial charge in [-0.05, 0) is 18.9 Å². The molecular formula is C17H25N3O2S. The summed E-state index contributed by atoms with van der Waals surface area (Å²) < 4.78 is 0. The van der Waals surface area contributed by atoms with E-state index in [9.17, 15) is 9.59 Å². The molecule has 1 N–H and O–H groups in total. The van der Waals surface area contributed by atoms with Gasteiger partial charge in [-0.25, -0.2) is 4.98 Å². The molecule has 5 nitrogen and oxygen atoms in total. The van der Waals surface area contributed by atoms with Crippen molar-refractivity contribution in [1.82, 2.24) is 15.2 Å². The largest absolute Gasteiger partial charge is 0.355 e. The standard InChI is InChI=1S/C17H25N3O2S/c1-4-15(21)20-9-5-6-13(10-20)17-19-14(11-23-17)7-8-18-16(22)12(2)3/h4,11-13H,1,5-10H2,2-3H3,(H,18,22)/t13-/m1/s1. The van der Waals surface area contributed by atoms with Crippen LogP contribution in [-0.4, -0.2) is 41.3 Å². The van der Waals surface area contributed by atoms with E-state index in [-0.39, 0.29) is 17.7 Å². The number of thiazole rings is 1. The monoisotopic (exact) mass is 335 g/mol. The minimum absolute atomic E-state index is 0.00266. The maximum Gasteiger partial charge on any atom is 0.245 e. The van der Waals surface area contributed by atoms with Crippen LogP contribution in [0, 0.1) is 5.92 Å². The lowest BCUT2D eigenvalue weighted by Gasteiger charge is -2.31. The molecule has 1 aliphatic heterocycles. The molecule has 0 unspecified atom stereocenters. The summed E-state index contributed by atoms with van der Waals surface area (Å²) in [6, 6.07) is 0. The van der Waals surface area contributed by atoms with E-state index >= 15 is 0 Å². The number of amides is 2. The fourth-order valence-electron chi connectivity index (χ4n) is 2.65. The van der Waals surface area contributed by atoms with E-state index in [4.69, 9.17) is 4.98 Å². The van der Waals surface area contributed by atoms with Crippen molar-refractivity contribution in [3.63, 3.8) is 0 Å². The van der Waals surface area contributed by atoms with Gasteiger partial charge in [0, 0.05) is 43.3 Å². The number of nitrogens with zero attached hydrogens (tertiary/aromatic N) is 2. The zero-order valence-electron chi connectivity index (χ0n) is 13.9. The molecule has 1 aliphatic rings. The van der Waals surface area contributed by atoms with Crippen LogP contribution in [-0.2, 0) is 16.0 Å². The van der Waals surface area contributed by atoms with Gasteiger partial charge in [0.1, 0.15) is 0 Å². The topological polar surface area (TPSA) is 62.3 Å². The lowest BCUT2D eigenvalue weighted by Crippen LogP contribution is -2.38. The molecule has 2 rings (SSSR count). The summed E-state index contributed by atoms with van der Waals surface area (Å²) in [4.78, 5) is 29.9. The fraction of sp³-hybridized carbons (Fsp3) is 0.588. The lowest BCUT2D eigenvalue weighted by molar-refractivity contribution is -0.127. The number of nitrogens with one attached hydrogen (secondary N) is 1. The molecule has 23 heavy (non-hydrogen) atoms. The van der Waals surface area contributed by atoms with E-state index in [1.807, 2.05) is 18.7 Å². The van der Waals surface area contributed by atoms with Crippen molar-refractivity contribution < 1.29 is 9.59 Å². The van der Waals surface area contributed by atoms with Crippen LogP contribution >= 0.6 is 11.3 Å². The Labute approximate surface area is 141 Å². The van der Waals surface area contributed by atoms with Crippen molar-refractivity contribution in [3.8, 4) is 0 Å². The van der Waals surface area contributed by atoms with Crippen molar-refractivity contribution in [2.75, 3.05) is 19.6 Å². The highest BCUT2D eigenvalue weighted by Gasteiger charge is 2.25. The van der Waals surface area contributed by atoms with Gasteiger partial charge >= 0.3 is 0 Å². The molecule has 6 heteroatoms. The summed E-state index contributed by atoms with van der Waals surface area (Å²) in [6.07, 6.45) is 4.20. The summed E-state index contributed by atoms with van der Waals surface area (Å²) in [5.41, 5.74) is 1.02. The molecule has 2 amide bonds. The first kappa shape index (κ1) is 17.7. The molecule has 0 bridgehead atoms. The molecule has 0 aliphatic carbocycles. The van der Waals surface area contributed by atoms with Gasteiger partial charge in [-0.2, -0.15) is 0 Å². The van der Waals surface area contributed by atoms with Crippen molar-refractivity contribution in [2.24, 2.45) is 5.92 Å². The average Bonchev–Trinajstić information content (AvgIpc) is 3.03. The summed E-state index contributed by atoms with van der Waals surface area (Å²) in [7, 11) is 0. The molecule has 0 radical (unpaired) electrons. The number of carbonyl (C=O) groups excluding carboxylic acids is 2. The van der Waals surface area contributed by atoms with E-state index in [1.165, 1.54) is 6.08 Å². The summed E-state index contributed by atoms with van der Waals surface area (Å²) in [6.45, 7) is 9.48. The van der Waals surface area contributed by atoms with E-state index in [2.05, 4.69) is 17.3 Å². The molecule has 0 spiro atoms. The Morgan fingerprint density at radius 3 is 3.04 bits per heavy atom. The normalized spacial score (nSPS) is 18.0. The van der Waals surface area contributed by atoms with Crippen molar-refractivity contribution in [2.45, 2.75) is 39.0 Å². The molecule has 126 valence electrons. The fourth-order valence-corrected chi connectivity index (χ4v) is 3.63. The predicted molar refractivity (Wildman–Crippen MR) is 92.4 cm³/mol. The predicted octanol–water partition coefficient (Wildman–Crippen LogP) is 2.35. The van der Waals surface area contributed by atoms with Crippen LogP contribution in [0.25, 0.3) is 0 Å². The van der Waals surface area contributed by atoms with Gasteiger partial charge < -0.3 is 10.2 Å². The first-order valence-electron chi connectivity index (χ1n) is 8.14. The smallest absolute Gasteiger partial charge is 0.245 e. The maximum atomic E-state index is 11.8. The van der Waals surface area contributed by atoms with Crippen LogP contribution in [0.4, 0.5) is 0 Å². The number of hydrogen-bond donors (Lipinski definition) is 1. The second kappa shape index (κ2) is 8.24. The second-order valence-electron chi connectivity index (χ2n) is 6.20. The highest BCUT2D eigenvalue weighted by Crippen LogP contribution is 2.29. The van der Waals surface area contributed by atoms with Gasteiger partial charge in [0.25, 0.3) is 0 Å². The van der Waals surface area contributed by atoms with Gasteiger partial charge in [-0.3, -0.25) is 9.59 Å². The Morgan fingerprint density at radius 2 is 2.35 bits per heavy atom. The Bertz CT molecular complexity index is 568. The SMILES string of the molecule is C=CC(=O)N1CCC[C@@H](c2nc(CCNC(=O)C(C)C)cs2)C1. The molecule has 2 heterocycles. The Balaban J connectivity index is 1.87. The van der Waals surface area contributed by atoms with Gasteiger partial charge in [0.05, 0.1) is 10.7 Å². The number of rotatable bonds is 6. The Kier molecular flexibility index (Phi) is 6.33. The highest BCUT2D eigenvalue weighted by atomic mass is 32.1. The quantitative estimate of drug-likeness (QED) is 0.812. The highest BCUT2D eigenvalue weighted by molar-refractivity contribution is 7.09. The Morgan fingerprint density at radius 1 is 1.57 bits per heavy atom. The van der Waals surface area contributed by atoms with Crippen LogP contribution in [0.15, 0.2) is 18.0 Å². The van der Waals surface area contributed by atoms with Crippen molar-refractivity contribution in [3.05, 3.63) is 28.7 Å². The number of carbonyl (C=O) groups is 2. The van der Waals surface area contributed by atoms with Gasteiger partial charge in [0.2, 0.25) is 11.8 Å². The first-order valence-corrected chi connectivity index (χ1v) is 9.02. The minimum atomic E-state index is 0.00266.